The van der Waals surface area contributed by atoms with Gasteiger partial charge in [0.15, 0.2) is 0 Å². The van der Waals surface area contributed by atoms with Crippen LogP contribution in [-0.2, 0) is 10.1 Å². The summed E-state index contributed by atoms with van der Waals surface area (Å²) >= 11 is 0. The third kappa shape index (κ3) is 1.62. The van der Waals surface area contributed by atoms with Crippen molar-refractivity contribution in [2.75, 3.05) is 0 Å². The molecule has 1 radical (unpaired) electrons. The highest BCUT2D eigenvalue weighted by molar-refractivity contribution is 7.85. The fourth-order valence-corrected chi connectivity index (χ4v) is 1.78. The lowest BCUT2D eigenvalue weighted by Crippen LogP contribution is -1.97. The van der Waals surface area contributed by atoms with Crippen LogP contribution in [0.25, 0.3) is 10.8 Å². The topological polar surface area (TPSA) is 54.4 Å². The molecular weight excluding hydrogens is 200 g/mol. The molecule has 2 aromatic carbocycles. The lowest BCUT2D eigenvalue weighted by atomic mass is 10.1. The van der Waals surface area contributed by atoms with E-state index in [0.29, 0.717) is 0 Å². The highest BCUT2D eigenvalue weighted by Crippen LogP contribution is 2.17. The van der Waals surface area contributed by atoms with E-state index in [1.165, 1.54) is 12.1 Å². The summed E-state index contributed by atoms with van der Waals surface area (Å²) in [5.41, 5.74) is 0. The number of hydrogen-bond donors (Lipinski definition) is 1. The van der Waals surface area contributed by atoms with E-state index in [1.807, 2.05) is 0 Å². The van der Waals surface area contributed by atoms with Gasteiger partial charge >= 0.3 is 0 Å². The number of benzene rings is 2. The maximum atomic E-state index is 10.8. The molecule has 0 aromatic heterocycles. The first-order valence-electron chi connectivity index (χ1n) is 3.95. The van der Waals surface area contributed by atoms with Crippen molar-refractivity contribution in [2.45, 2.75) is 4.90 Å². The first-order chi connectivity index (χ1) is 6.57. The Labute approximate surface area is 81.7 Å². The van der Waals surface area contributed by atoms with Crippen molar-refractivity contribution < 1.29 is 13.0 Å². The Balaban J connectivity index is 2.75. The Morgan fingerprint density at radius 1 is 1.21 bits per heavy atom. The van der Waals surface area contributed by atoms with Gasteiger partial charge in [0.05, 0.1) is 4.90 Å². The van der Waals surface area contributed by atoms with E-state index in [2.05, 4.69) is 6.07 Å². The van der Waals surface area contributed by atoms with Gasteiger partial charge in [0, 0.05) is 0 Å². The van der Waals surface area contributed by atoms with Gasteiger partial charge in [-0.05, 0) is 29.0 Å². The molecule has 0 bridgehead atoms. The molecule has 0 aliphatic rings. The Morgan fingerprint density at radius 2 is 2.00 bits per heavy atom. The average Bonchev–Trinajstić information content (AvgIpc) is 2.16. The molecule has 0 unspecified atom stereocenters. The summed E-state index contributed by atoms with van der Waals surface area (Å²) in [6.45, 7) is 0. The van der Waals surface area contributed by atoms with Crippen LogP contribution in [-0.4, -0.2) is 13.0 Å². The Hall–Kier alpha value is -1.39. The Kier molecular flexibility index (Phi) is 2.02. The van der Waals surface area contributed by atoms with Crippen LogP contribution in [0.5, 0.6) is 0 Å². The molecule has 1 N–H and O–H groups in total. The molecule has 71 valence electrons. The molecule has 0 spiro atoms. The fraction of sp³-hybridized carbons (Fsp3) is 0. The monoisotopic (exact) mass is 207 g/mol. The maximum absolute atomic E-state index is 10.8. The van der Waals surface area contributed by atoms with Crippen LogP contribution >= 0.6 is 0 Å². The fourth-order valence-electron chi connectivity index (χ4n) is 1.26. The minimum Gasteiger partial charge on any atom is -0.282 e. The molecular formula is C10H7O3S. The molecule has 0 aliphatic heterocycles. The molecule has 0 saturated carbocycles. The third-order valence-electron chi connectivity index (χ3n) is 1.93. The van der Waals surface area contributed by atoms with Gasteiger partial charge in [-0.15, -0.1) is 0 Å². The summed E-state index contributed by atoms with van der Waals surface area (Å²) in [5, 5.41) is 1.56. The Morgan fingerprint density at radius 3 is 2.71 bits per heavy atom. The van der Waals surface area contributed by atoms with Gasteiger partial charge in [-0.1, -0.05) is 24.3 Å². The lowest BCUT2D eigenvalue weighted by molar-refractivity contribution is 0.483. The van der Waals surface area contributed by atoms with Crippen LogP contribution in [0.15, 0.2) is 41.3 Å². The van der Waals surface area contributed by atoms with Gasteiger partial charge < -0.3 is 0 Å². The number of fused-ring (bicyclic) bond motifs is 1. The van der Waals surface area contributed by atoms with Crippen molar-refractivity contribution >= 4 is 20.9 Å². The van der Waals surface area contributed by atoms with E-state index >= 15 is 0 Å². The van der Waals surface area contributed by atoms with Crippen molar-refractivity contribution in [3.05, 3.63) is 42.5 Å². The molecule has 14 heavy (non-hydrogen) atoms. The van der Waals surface area contributed by atoms with Crippen molar-refractivity contribution in [1.29, 1.82) is 0 Å². The molecule has 2 rings (SSSR count). The van der Waals surface area contributed by atoms with Gasteiger partial charge in [-0.25, -0.2) is 0 Å². The van der Waals surface area contributed by atoms with Crippen LogP contribution in [0.2, 0.25) is 0 Å². The van der Waals surface area contributed by atoms with Crippen molar-refractivity contribution in [3.63, 3.8) is 0 Å². The van der Waals surface area contributed by atoms with Crippen LogP contribution in [0.1, 0.15) is 0 Å². The molecule has 4 heteroatoms. The zero-order valence-corrected chi connectivity index (χ0v) is 7.95. The largest absolute Gasteiger partial charge is 0.294 e. The molecule has 3 nitrogen and oxygen atoms in total. The first-order valence-corrected chi connectivity index (χ1v) is 5.39. The molecule has 0 aliphatic carbocycles. The normalized spacial score (nSPS) is 11.8. The van der Waals surface area contributed by atoms with Crippen LogP contribution in [0.3, 0.4) is 0 Å². The number of rotatable bonds is 1. The van der Waals surface area contributed by atoms with Gasteiger partial charge in [0.2, 0.25) is 0 Å². The van der Waals surface area contributed by atoms with Crippen LogP contribution < -0.4 is 0 Å². The zero-order valence-electron chi connectivity index (χ0n) is 7.14. The van der Waals surface area contributed by atoms with Crippen molar-refractivity contribution in [2.24, 2.45) is 0 Å². The predicted molar refractivity (Wildman–Crippen MR) is 52.6 cm³/mol. The third-order valence-corrected chi connectivity index (χ3v) is 2.78. The lowest BCUT2D eigenvalue weighted by Gasteiger charge is -1.99. The summed E-state index contributed by atoms with van der Waals surface area (Å²) in [6, 6.07) is 12.6. The second-order valence-electron chi connectivity index (χ2n) is 2.89. The van der Waals surface area contributed by atoms with Gasteiger partial charge in [-0.2, -0.15) is 8.42 Å². The standard InChI is InChI=1S/C10H7O3S/c11-14(12,13)10-6-5-8-3-1-2-4-9(8)7-10/h1-2,4-7H,(H,11,12,13). The summed E-state index contributed by atoms with van der Waals surface area (Å²) in [7, 11) is -4.11. The van der Waals surface area contributed by atoms with E-state index in [9.17, 15) is 8.42 Å². The molecule has 0 atom stereocenters. The SMILES string of the molecule is O=S(=O)(O)c1ccc2[c]cccc2c1. The van der Waals surface area contributed by atoms with Crippen LogP contribution in [0.4, 0.5) is 0 Å². The highest BCUT2D eigenvalue weighted by atomic mass is 32.2. The van der Waals surface area contributed by atoms with E-state index < -0.39 is 10.1 Å². The molecule has 2 aromatic rings. The molecule has 0 amide bonds. The van der Waals surface area contributed by atoms with E-state index in [1.54, 1.807) is 24.3 Å². The molecule has 0 saturated heterocycles. The molecule has 0 heterocycles. The summed E-state index contributed by atoms with van der Waals surface area (Å²) in [5.74, 6) is 0. The van der Waals surface area contributed by atoms with Gasteiger partial charge in [-0.3, -0.25) is 4.55 Å². The maximum Gasteiger partial charge on any atom is 0.294 e. The van der Waals surface area contributed by atoms with E-state index in [0.717, 1.165) is 10.8 Å². The minimum absolute atomic E-state index is 0.0930. The first kappa shape index (κ1) is 9.18. The summed E-state index contributed by atoms with van der Waals surface area (Å²) in [6.07, 6.45) is 0. The van der Waals surface area contributed by atoms with Crippen LogP contribution in [0, 0.1) is 6.07 Å². The van der Waals surface area contributed by atoms with Gasteiger partial charge in [0.1, 0.15) is 0 Å². The van der Waals surface area contributed by atoms with E-state index in [-0.39, 0.29) is 4.90 Å². The summed E-state index contributed by atoms with van der Waals surface area (Å²) in [4.78, 5) is -0.0930. The van der Waals surface area contributed by atoms with E-state index in [4.69, 9.17) is 4.55 Å². The highest BCUT2D eigenvalue weighted by Gasteiger charge is 2.08. The molecule has 0 fully saturated rings. The predicted octanol–water partition coefficient (Wildman–Crippen LogP) is 1.89. The summed E-state index contributed by atoms with van der Waals surface area (Å²) < 4.78 is 30.5. The smallest absolute Gasteiger partial charge is 0.282 e. The van der Waals surface area contributed by atoms with Crippen molar-refractivity contribution in [3.8, 4) is 0 Å². The van der Waals surface area contributed by atoms with Crippen molar-refractivity contribution in [1.82, 2.24) is 0 Å². The minimum atomic E-state index is -4.11. The second kappa shape index (κ2) is 3.08. The van der Waals surface area contributed by atoms with Gasteiger partial charge in [0.25, 0.3) is 10.1 Å². The zero-order chi connectivity index (χ0) is 10.2. The second-order valence-corrected chi connectivity index (χ2v) is 4.32. The number of hydrogen-bond acceptors (Lipinski definition) is 2. The quantitative estimate of drug-likeness (QED) is 0.726. The Bertz CT molecular complexity index is 573. The average molecular weight is 207 g/mol.